The average molecular weight is 332 g/mol. The van der Waals surface area contributed by atoms with Crippen LogP contribution >= 0.6 is 11.6 Å². The molecule has 0 aliphatic rings. The first-order chi connectivity index (χ1) is 11.0. The molecule has 0 saturated heterocycles. The summed E-state index contributed by atoms with van der Waals surface area (Å²) in [5, 5.41) is 13.6. The van der Waals surface area contributed by atoms with E-state index in [1.807, 2.05) is 36.4 Å². The molecule has 0 aromatic heterocycles. The Morgan fingerprint density at radius 1 is 1.04 bits per heavy atom. The number of aliphatic hydroxyl groups excluding tert-OH is 1. The molecule has 3 nitrogen and oxygen atoms in total. The molecule has 2 rings (SSSR count). The highest BCUT2D eigenvalue weighted by Gasteiger charge is 2.10. The van der Waals surface area contributed by atoms with Gasteiger partial charge in [-0.1, -0.05) is 61.8 Å². The second-order valence-corrected chi connectivity index (χ2v) is 6.38. The highest BCUT2D eigenvalue weighted by molar-refractivity contribution is 6.30. The average Bonchev–Trinajstić information content (AvgIpc) is 2.55. The lowest BCUT2D eigenvalue weighted by Crippen LogP contribution is -2.29. The fourth-order valence-corrected chi connectivity index (χ4v) is 2.41. The molecular weight excluding hydrogens is 310 g/mol. The molecule has 1 amide bonds. The smallest absolute Gasteiger partial charge is 0.224 e. The van der Waals surface area contributed by atoms with Crippen molar-refractivity contribution in [3.63, 3.8) is 0 Å². The number of hydrogen-bond donors (Lipinski definition) is 2. The zero-order valence-corrected chi connectivity index (χ0v) is 14.2. The SMILES string of the molecule is CC(C)c1ccc(C(O)CNC(=O)Cc2ccc(Cl)cc2)cc1. The maximum absolute atomic E-state index is 11.9. The predicted octanol–water partition coefficient (Wildman–Crippen LogP) is 3.86. The van der Waals surface area contributed by atoms with Gasteiger partial charge >= 0.3 is 0 Å². The van der Waals surface area contributed by atoms with E-state index in [0.29, 0.717) is 10.9 Å². The molecule has 4 heteroatoms. The van der Waals surface area contributed by atoms with Crippen molar-refractivity contribution in [3.05, 3.63) is 70.2 Å². The number of benzene rings is 2. The van der Waals surface area contributed by atoms with E-state index < -0.39 is 6.10 Å². The summed E-state index contributed by atoms with van der Waals surface area (Å²) in [4.78, 5) is 11.9. The maximum Gasteiger partial charge on any atom is 0.224 e. The van der Waals surface area contributed by atoms with Crippen LogP contribution in [0.15, 0.2) is 48.5 Å². The Kier molecular flexibility index (Phi) is 6.20. The van der Waals surface area contributed by atoms with E-state index in [4.69, 9.17) is 11.6 Å². The van der Waals surface area contributed by atoms with Crippen LogP contribution in [0.1, 0.15) is 42.6 Å². The zero-order chi connectivity index (χ0) is 16.8. The minimum absolute atomic E-state index is 0.120. The predicted molar refractivity (Wildman–Crippen MR) is 93.7 cm³/mol. The molecule has 23 heavy (non-hydrogen) atoms. The van der Waals surface area contributed by atoms with E-state index in [1.165, 1.54) is 5.56 Å². The third kappa shape index (κ3) is 5.38. The highest BCUT2D eigenvalue weighted by atomic mass is 35.5. The molecule has 1 unspecified atom stereocenters. The van der Waals surface area contributed by atoms with Crippen LogP contribution in [0.2, 0.25) is 5.02 Å². The molecule has 2 aromatic rings. The van der Waals surface area contributed by atoms with Gasteiger partial charge in [0, 0.05) is 11.6 Å². The van der Waals surface area contributed by atoms with Crippen LogP contribution in [0.5, 0.6) is 0 Å². The molecule has 1 atom stereocenters. The van der Waals surface area contributed by atoms with Crippen molar-refractivity contribution in [1.29, 1.82) is 0 Å². The molecule has 2 N–H and O–H groups in total. The van der Waals surface area contributed by atoms with E-state index in [0.717, 1.165) is 11.1 Å². The van der Waals surface area contributed by atoms with Crippen LogP contribution in [0.3, 0.4) is 0 Å². The summed E-state index contributed by atoms with van der Waals surface area (Å²) in [6.45, 7) is 4.46. The number of carbonyl (C=O) groups is 1. The first kappa shape index (κ1) is 17.5. The van der Waals surface area contributed by atoms with Crippen LogP contribution in [0.25, 0.3) is 0 Å². The van der Waals surface area contributed by atoms with Gasteiger partial charge in [0.2, 0.25) is 5.91 Å². The zero-order valence-electron chi connectivity index (χ0n) is 13.4. The van der Waals surface area contributed by atoms with Gasteiger partial charge in [0.25, 0.3) is 0 Å². The number of nitrogens with one attached hydrogen (secondary N) is 1. The quantitative estimate of drug-likeness (QED) is 0.844. The number of carbonyl (C=O) groups excluding carboxylic acids is 1. The van der Waals surface area contributed by atoms with Gasteiger partial charge in [0.15, 0.2) is 0 Å². The summed E-state index contributed by atoms with van der Waals surface area (Å²) < 4.78 is 0. The van der Waals surface area contributed by atoms with Gasteiger partial charge in [0.05, 0.1) is 12.5 Å². The van der Waals surface area contributed by atoms with Gasteiger partial charge in [-0.15, -0.1) is 0 Å². The number of hydrogen-bond acceptors (Lipinski definition) is 2. The molecule has 0 aliphatic carbocycles. The summed E-state index contributed by atoms with van der Waals surface area (Å²) in [7, 11) is 0. The fraction of sp³-hybridized carbons (Fsp3) is 0.316. The van der Waals surface area contributed by atoms with E-state index in [1.54, 1.807) is 12.1 Å². The summed E-state index contributed by atoms with van der Waals surface area (Å²) >= 11 is 5.82. The maximum atomic E-state index is 11.9. The Morgan fingerprint density at radius 2 is 1.61 bits per heavy atom. The van der Waals surface area contributed by atoms with Crippen molar-refractivity contribution < 1.29 is 9.90 Å². The minimum atomic E-state index is -0.703. The first-order valence-corrected chi connectivity index (χ1v) is 8.12. The second-order valence-electron chi connectivity index (χ2n) is 5.94. The van der Waals surface area contributed by atoms with Crippen molar-refractivity contribution in [1.82, 2.24) is 5.32 Å². The monoisotopic (exact) mass is 331 g/mol. The van der Waals surface area contributed by atoms with E-state index in [2.05, 4.69) is 19.2 Å². The number of rotatable bonds is 6. The molecule has 0 aliphatic heterocycles. The molecular formula is C19H22ClNO2. The summed E-state index contributed by atoms with van der Waals surface area (Å²) in [5.41, 5.74) is 2.93. The molecule has 0 spiro atoms. The Bertz CT molecular complexity index is 635. The molecule has 2 aromatic carbocycles. The van der Waals surface area contributed by atoms with Crippen molar-refractivity contribution in [2.45, 2.75) is 32.3 Å². The number of aliphatic hydroxyl groups is 1. The summed E-state index contributed by atoms with van der Waals surface area (Å²) in [6, 6.07) is 15.0. The van der Waals surface area contributed by atoms with Gasteiger partial charge in [-0.25, -0.2) is 0 Å². The van der Waals surface area contributed by atoms with Gasteiger partial charge < -0.3 is 10.4 Å². The Balaban J connectivity index is 1.84. The lowest BCUT2D eigenvalue weighted by Gasteiger charge is -2.14. The van der Waals surface area contributed by atoms with E-state index in [9.17, 15) is 9.90 Å². The Hall–Kier alpha value is -1.84. The molecule has 0 saturated carbocycles. The van der Waals surface area contributed by atoms with Gasteiger partial charge in [-0.3, -0.25) is 4.79 Å². The van der Waals surface area contributed by atoms with Crippen molar-refractivity contribution in [2.75, 3.05) is 6.54 Å². The number of halogens is 1. The third-order valence-corrected chi connectivity index (χ3v) is 4.01. The van der Waals surface area contributed by atoms with E-state index >= 15 is 0 Å². The number of amides is 1. The lowest BCUT2D eigenvalue weighted by atomic mass is 10.00. The van der Waals surface area contributed by atoms with Crippen LogP contribution in [0.4, 0.5) is 0 Å². The van der Waals surface area contributed by atoms with Crippen molar-refractivity contribution in [3.8, 4) is 0 Å². The third-order valence-electron chi connectivity index (χ3n) is 3.76. The highest BCUT2D eigenvalue weighted by Crippen LogP contribution is 2.18. The van der Waals surface area contributed by atoms with Gasteiger partial charge in [-0.2, -0.15) is 0 Å². The Morgan fingerprint density at radius 3 is 2.17 bits per heavy atom. The molecule has 0 radical (unpaired) electrons. The Labute approximate surface area is 142 Å². The van der Waals surface area contributed by atoms with Crippen molar-refractivity contribution >= 4 is 17.5 Å². The summed E-state index contributed by atoms with van der Waals surface area (Å²) in [6.07, 6.45) is -0.429. The molecule has 0 heterocycles. The minimum Gasteiger partial charge on any atom is -0.387 e. The van der Waals surface area contributed by atoms with Crippen LogP contribution < -0.4 is 5.32 Å². The standard InChI is InChI=1S/C19H22ClNO2/c1-13(2)15-5-7-16(8-6-15)18(22)12-21-19(23)11-14-3-9-17(20)10-4-14/h3-10,13,18,22H,11-12H2,1-2H3,(H,21,23). The second kappa shape index (κ2) is 8.14. The normalized spacial score (nSPS) is 12.2. The summed E-state index contributed by atoms with van der Waals surface area (Å²) in [5.74, 6) is 0.338. The molecule has 0 bridgehead atoms. The van der Waals surface area contributed by atoms with Crippen LogP contribution in [-0.2, 0) is 11.2 Å². The van der Waals surface area contributed by atoms with Gasteiger partial charge in [-0.05, 0) is 34.7 Å². The van der Waals surface area contributed by atoms with Gasteiger partial charge in [0.1, 0.15) is 0 Å². The molecule has 122 valence electrons. The topological polar surface area (TPSA) is 49.3 Å². The molecule has 0 fully saturated rings. The van der Waals surface area contributed by atoms with E-state index in [-0.39, 0.29) is 18.9 Å². The fourth-order valence-electron chi connectivity index (χ4n) is 2.28. The van der Waals surface area contributed by atoms with Crippen molar-refractivity contribution in [2.24, 2.45) is 0 Å². The first-order valence-electron chi connectivity index (χ1n) is 7.74. The van der Waals surface area contributed by atoms with Crippen LogP contribution in [-0.4, -0.2) is 17.6 Å². The largest absolute Gasteiger partial charge is 0.387 e. The lowest BCUT2D eigenvalue weighted by molar-refractivity contribution is -0.120. The van der Waals surface area contributed by atoms with Crippen LogP contribution in [0, 0.1) is 0 Å².